The van der Waals surface area contributed by atoms with Crippen LogP contribution in [0, 0.1) is 0 Å². The van der Waals surface area contributed by atoms with Gasteiger partial charge < -0.3 is 28.6 Å². The van der Waals surface area contributed by atoms with Crippen LogP contribution in [0.25, 0.3) is 0 Å². The van der Waals surface area contributed by atoms with Gasteiger partial charge in [0.2, 0.25) is 0 Å². The Morgan fingerprint density at radius 1 is 1.08 bits per heavy atom. The number of benzene rings is 1. The normalized spacial score (nSPS) is 14.7. The molecule has 0 bridgehead atoms. The van der Waals surface area contributed by atoms with E-state index in [0.717, 1.165) is 5.56 Å². The molecule has 8 nitrogen and oxygen atoms in total. The van der Waals surface area contributed by atoms with E-state index in [0.29, 0.717) is 5.69 Å². The molecule has 0 aromatic heterocycles. The largest absolute Gasteiger partial charge is 0.466 e. The molecule has 1 aromatic carbocycles. The Morgan fingerprint density at radius 2 is 1.76 bits per heavy atom. The summed E-state index contributed by atoms with van der Waals surface area (Å²) in [6, 6.07) is 7.17. The topological polar surface area (TPSA) is 83.5 Å². The lowest BCUT2D eigenvalue weighted by Gasteiger charge is -2.31. The minimum absolute atomic E-state index is 0.0357. The van der Waals surface area contributed by atoms with Crippen molar-refractivity contribution >= 4 is 17.6 Å². The molecule has 1 aromatic rings. The number of ether oxygens (including phenoxy) is 5. The molecule has 25 heavy (non-hydrogen) atoms. The van der Waals surface area contributed by atoms with E-state index in [1.54, 1.807) is 23.1 Å². The van der Waals surface area contributed by atoms with Gasteiger partial charge in [0.1, 0.15) is 12.4 Å². The Balaban J connectivity index is 2.50. The second-order valence-corrected chi connectivity index (χ2v) is 5.11. The smallest absolute Gasteiger partial charge is 0.355 e. The van der Waals surface area contributed by atoms with Crippen LogP contribution in [-0.2, 0) is 33.3 Å². The molecule has 0 fully saturated rings. The summed E-state index contributed by atoms with van der Waals surface area (Å²) in [6.45, 7) is 0.0467. The number of anilines is 1. The molecule has 8 heteroatoms. The van der Waals surface area contributed by atoms with Crippen molar-refractivity contribution in [3.8, 4) is 0 Å². The van der Waals surface area contributed by atoms with Gasteiger partial charge in [-0.15, -0.1) is 0 Å². The first-order chi connectivity index (χ1) is 12.1. The Kier molecular flexibility index (Phi) is 6.51. The van der Waals surface area contributed by atoms with Crippen molar-refractivity contribution in [3.63, 3.8) is 0 Å². The summed E-state index contributed by atoms with van der Waals surface area (Å²) < 4.78 is 25.5. The molecule has 1 heterocycles. The Morgan fingerprint density at radius 3 is 2.36 bits per heavy atom. The van der Waals surface area contributed by atoms with Gasteiger partial charge in [-0.05, 0) is 12.1 Å². The summed E-state index contributed by atoms with van der Waals surface area (Å²) in [5.41, 5.74) is 1.56. The van der Waals surface area contributed by atoms with E-state index in [4.69, 9.17) is 23.7 Å². The van der Waals surface area contributed by atoms with Gasteiger partial charge in [-0.2, -0.15) is 0 Å². The lowest BCUT2D eigenvalue weighted by Crippen LogP contribution is -2.38. The Labute approximate surface area is 145 Å². The van der Waals surface area contributed by atoms with Gasteiger partial charge in [0.15, 0.2) is 6.29 Å². The number of carbonyl (C=O) groups is 2. The van der Waals surface area contributed by atoms with Crippen molar-refractivity contribution in [1.29, 1.82) is 0 Å². The van der Waals surface area contributed by atoms with Crippen molar-refractivity contribution in [3.05, 3.63) is 41.1 Å². The highest BCUT2D eigenvalue weighted by atomic mass is 16.7. The number of hydrogen-bond donors (Lipinski definition) is 0. The molecule has 0 spiro atoms. The van der Waals surface area contributed by atoms with E-state index in [2.05, 4.69) is 0 Å². The fourth-order valence-corrected chi connectivity index (χ4v) is 2.56. The van der Waals surface area contributed by atoms with Gasteiger partial charge in [-0.1, -0.05) is 12.1 Å². The first-order valence-corrected chi connectivity index (χ1v) is 7.48. The van der Waals surface area contributed by atoms with Crippen LogP contribution in [0.15, 0.2) is 35.5 Å². The Bertz CT molecular complexity index is 667. The van der Waals surface area contributed by atoms with Gasteiger partial charge in [-0.3, -0.25) is 0 Å². The van der Waals surface area contributed by atoms with Crippen LogP contribution >= 0.6 is 0 Å². The van der Waals surface area contributed by atoms with E-state index in [1.165, 1.54) is 28.4 Å². The summed E-state index contributed by atoms with van der Waals surface area (Å²) in [5.74, 6) is -1.29. The molecular formula is C17H21NO7. The van der Waals surface area contributed by atoms with E-state index in [-0.39, 0.29) is 24.6 Å². The Hall–Kier alpha value is -2.42. The molecule has 0 amide bonds. The predicted octanol–water partition coefficient (Wildman–Crippen LogP) is 1.37. The summed E-state index contributed by atoms with van der Waals surface area (Å²) in [7, 11) is 5.55. The molecule has 0 N–H and O–H groups in total. The van der Waals surface area contributed by atoms with E-state index >= 15 is 0 Å². The van der Waals surface area contributed by atoms with Crippen molar-refractivity contribution in [2.45, 2.75) is 6.29 Å². The van der Waals surface area contributed by atoms with Gasteiger partial charge in [0.05, 0.1) is 26.4 Å². The molecule has 0 saturated carbocycles. The molecule has 0 unspecified atom stereocenters. The third-order valence-electron chi connectivity index (χ3n) is 3.72. The monoisotopic (exact) mass is 351 g/mol. The fraction of sp³-hybridized carbons (Fsp3) is 0.412. The fourth-order valence-electron chi connectivity index (χ4n) is 2.56. The average Bonchev–Trinajstić information content (AvgIpc) is 2.67. The zero-order chi connectivity index (χ0) is 18.4. The van der Waals surface area contributed by atoms with Crippen LogP contribution < -0.4 is 4.90 Å². The predicted molar refractivity (Wildman–Crippen MR) is 87.6 cm³/mol. The van der Waals surface area contributed by atoms with Crippen molar-refractivity contribution in [1.82, 2.24) is 0 Å². The van der Waals surface area contributed by atoms with Crippen LogP contribution in [0.1, 0.15) is 11.9 Å². The number of nitrogens with zero attached hydrogens (tertiary/aromatic N) is 1. The molecule has 2 rings (SSSR count). The maximum Gasteiger partial charge on any atom is 0.355 e. The van der Waals surface area contributed by atoms with Crippen molar-refractivity contribution < 1.29 is 33.3 Å². The van der Waals surface area contributed by atoms with Gasteiger partial charge >= 0.3 is 11.9 Å². The maximum absolute atomic E-state index is 12.3. The van der Waals surface area contributed by atoms with Gasteiger partial charge in [-0.25, -0.2) is 9.59 Å². The molecule has 1 aliphatic heterocycles. The van der Waals surface area contributed by atoms with E-state index in [1.807, 2.05) is 6.07 Å². The van der Waals surface area contributed by atoms with Gasteiger partial charge in [0, 0.05) is 25.5 Å². The lowest BCUT2D eigenvalue weighted by molar-refractivity contribution is -0.140. The van der Waals surface area contributed by atoms with Gasteiger partial charge in [0.25, 0.3) is 0 Å². The number of methoxy groups -OCH3 is 4. The summed E-state index contributed by atoms with van der Waals surface area (Å²) in [4.78, 5) is 25.8. The summed E-state index contributed by atoms with van der Waals surface area (Å²) in [5, 5.41) is 0. The maximum atomic E-state index is 12.3. The number of hydrogen-bond acceptors (Lipinski definition) is 8. The SMILES string of the molecule is COC(=O)C1=C(C(=O)OC)N(c2cccc(C(OC)OC)c2)COC1. The van der Waals surface area contributed by atoms with Crippen LogP contribution in [-0.4, -0.2) is 53.7 Å². The summed E-state index contributed by atoms with van der Waals surface area (Å²) >= 11 is 0. The average molecular weight is 351 g/mol. The molecule has 0 radical (unpaired) electrons. The first kappa shape index (κ1) is 18.9. The second-order valence-electron chi connectivity index (χ2n) is 5.11. The van der Waals surface area contributed by atoms with Crippen LogP contribution in [0.4, 0.5) is 5.69 Å². The highest BCUT2D eigenvalue weighted by Gasteiger charge is 2.32. The number of carbonyl (C=O) groups excluding carboxylic acids is 2. The molecule has 0 saturated heterocycles. The zero-order valence-electron chi connectivity index (χ0n) is 14.6. The highest BCUT2D eigenvalue weighted by Crippen LogP contribution is 2.29. The minimum atomic E-state index is -0.649. The first-order valence-electron chi connectivity index (χ1n) is 7.48. The molecule has 0 aliphatic carbocycles. The number of esters is 2. The lowest BCUT2D eigenvalue weighted by atomic mass is 10.1. The zero-order valence-corrected chi connectivity index (χ0v) is 14.6. The van der Waals surface area contributed by atoms with Crippen molar-refractivity contribution in [2.75, 3.05) is 46.7 Å². The highest BCUT2D eigenvalue weighted by molar-refractivity contribution is 6.03. The molecule has 1 aliphatic rings. The number of rotatable bonds is 6. The van der Waals surface area contributed by atoms with Crippen LogP contribution in [0.5, 0.6) is 0 Å². The quantitative estimate of drug-likeness (QED) is 0.561. The molecular weight excluding hydrogens is 330 g/mol. The third-order valence-corrected chi connectivity index (χ3v) is 3.72. The molecule has 0 atom stereocenters. The minimum Gasteiger partial charge on any atom is -0.466 e. The van der Waals surface area contributed by atoms with Crippen LogP contribution in [0.3, 0.4) is 0 Å². The van der Waals surface area contributed by atoms with E-state index < -0.39 is 18.2 Å². The molecule has 136 valence electrons. The standard InChI is InChI=1S/C17H21NO7/c1-21-15(19)13-9-25-10-18(14(13)16(20)22-2)12-7-5-6-11(8-12)17(23-3)24-4/h5-8,17H,9-10H2,1-4H3. The third kappa shape index (κ3) is 3.98. The van der Waals surface area contributed by atoms with Crippen LogP contribution in [0.2, 0.25) is 0 Å². The van der Waals surface area contributed by atoms with E-state index in [9.17, 15) is 9.59 Å². The second kappa shape index (κ2) is 8.61. The summed E-state index contributed by atoms with van der Waals surface area (Å²) in [6.07, 6.45) is -0.559. The van der Waals surface area contributed by atoms with Crippen molar-refractivity contribution in [2.24, 2.45) is 0 Å².